The molecule has 1 amide bonds. The molecule has 6 aliphatic heterocycles. The number of anilines is 1. The summed E-state index contributed by atoms with van der Waals surface area (Å²) in [4.78, 5) is 44.3. The van der Waals surface area contributed by atoms with Crippen LogP contribution in [0.25, 0.3) is 45.3 Å². The first kappa shape index (κ1) is 84.5. The van der Waals surface area contributed by atoms with E-state index in [1.54, 1.807) is 11.8 Å². The van der Waals surface area contributed by atoms with Gasteiger partial charge in [0.2, 0.25) is 5.69 Å². The zero-order chi connectivity index (χ0) is 80.3. The molecule has 2 aromatic heterocycles. The van der Waals surface area contributed by atoms with Gasteiger partial charge in [0.1, 0.15) is 6.54 Å². The van der Waals surface area contributed by atoms with Crippen molar-refractivity contribution >= 4 is 141 Å². The van der Waals surface area contributed by atoms with Gasteiger partial charge in [-0.15, -0.1) is 0 Å². The molecular formula is C93H105InN8NaO9S3. The third kappa shape index (κ3) is 16.8. The molecule has 15 rings (SSSR count). The van der Waals surface area contributed by atoms with Crippen LogP contribution in [0.1, 0.15) is 218 Å². The molecule has 115 heavy (non-hydrogen) atoms. The molecule has 8 aliphatic rings. The SMILES string of the molecule is CCCCCCOC(C)c1c(C)c2[n]3c1=CC1=NC(=Cc4c(C)c5c([n]4[In]3)C(=C3N=C(C=2)C(C)C3CCNCCNC(=O)c2ccc(SC3=C(C=CC4=[N+](CCCCS(=O)(=O)[O-])c6ccc7ccccc7c6C4(C)C)CCCC3=CC=C3N(CCCCS(=O)(=O)[O-])c4ccc6ccccc6c4C3(C)C)cc2)CC5=O)C(CC)=C1C.[Na+]. The number of rotatable bonds is 30. The number of nitrogens with zero attached hydrogens (tertiary/aromatic N) is 6. The van der Waals surface area contributed by atoms with Crippen LogP contribution < -0.4 is 55.8 Å². The number of Topliss-reactive ketones (excluding diaryl/α,β-unsaturated/α-hetero) is 1. The van der Waals surface area contributed by atoms with Gasteiger partial charge in [0.05, 0.1) is 25.7 Å². The number of allylic oxidation sites excluding steroid dienone is 11. The molecule has 0 saturated heterocycles. The first-order valence-corrected chi connectivity index (χ1v) is 48.0. The molecule has 22 heteroatoms. The largest absolute Gasteiger partial charge is 1.00 e. The van der Waals surface area contributed by atoms with Crippen LogP contribution in [0.5, 0.6) is 0 Å². The fraction of sp³-hybridized carbons (Fsp3) is 0.409. The molecule has 17 nitrogen and oxygen atoms in total. The average molecular weight is 1710 g/mol. The first-order valence-electron chi connectivity index (χ1n) is 41.1. The van der Waals surface area contributed by atoms with Crippen LogP contribution in [0.15, 0.2) is 181 Å². The summed E-state index contributed by atoms with van der Waals surface area (Å²) in [6.07, 6.45) is 26.3. The maximum atomic E-state index is 14.7. The van der Waals surface area contributed by atoms with E-state index in [0.29, 0.717) is 64.2 Å². The van der Waals surface area contributed by atoms with Crippen LogP contribution in [0, 0.1) is 25.7 Å². The summed E-state index contributed by atoms with van der Waals surface area (Å²) in [6, 6.07) is 33.3. The fourth-order valence-corrected chi connectivity index (χ4v) is 26.4. The molecule has 2 aliphatic carbocycles. The van der Waals surface area contributed by atoms with Gasteiger partial charge in [-0.2, -0.15) is 4.58 Å². The molecule has 0 spiro atoms. The van der Waals surface area contributed by atoms with Crippen molar-refractivity contribution in [3.63, 3.8) is 0 Å². The molecule has 3 atom stereocenters. The Morgan fingerprint density at radius 3 is 2.20 bits per heavy atom. The van der Waals surface area contributed by atoms with Gasteiger partial charge >= 0.3 is 340 Å². The van der Waals surface area contributed by atoms with Crippen molar-refractivity contribution in [1.82, 2.24) is 15.7 Å². The predicted molar refractivity (Wildman–Crippen MR) is 463 cm³/mol. The minimum atomic E-state index is -4.38. The Labute approximate surface area is 716 Å². The van der Waals surface area contributed by atoms with Gasteiger partial charge in [0, 0.05) is 74.3 Å². The number of benzene rings is 5. The third-order valence-corrected chi connectivity index (χ3v) is 32.3. The number of unbranched alkanes of at least 4 members (excludes halogenated alkanes) is 5. The Hall–Kier alpha value is -6.99. The smallest absolute Gasteiger partial charge is 1.00 e. The summed E-state index contributed by atoms with van der Waals surface area (Å²) in [5.41, 5.74) is 22.5. The van der Waals surface area contributed by atoms with Crippen molar-refractivity contribution in [2.45, 2.75) is 188 Å². The Balaban J connectivity index is 0.0000109. The second-order valence-corrected chi connectivity index (χ2v) is 40.8. The van der Waals surface area contributed by atoms with Crippen LogP contribution in [0.3, 0.4) is 0 Å². The molecule has 8 heterocycles. The third-order valence-electron chi connectivity index (χ3n) is 25.0. The van der Waals surface area contributed by atoms with Crippen molar-refractivity contribution in [3.8, 4) is 0 Å². The standard InChI is InChI=1S/C93H108N8O9S3.In.Na/c1-12-14-15-22-50-110-61(7)84-59(5)75-54-74-58(4)69(88(98-74)72-53-81(102)85-60(6)76(99-89(72)85)55-77-68(13-2)57(3)73(96-77)56-78(84)97-75)44-45-94-46-47-95-91(103)66-32-38-67(39-33-66)111-90-64(36-42-82-92(8,9)86-70-30-18-16-26-62(70)34-40-79(86)100(82)48-20-23-51-112(104,105)106)28-25-29-65(90)37-43-83-93(10,11)87-71-31-19-17-27-63(71)35-41-80(87)101(83)49-21-24-52-113(107,108)109;;/h16-19,26-27,30-43,54-56,58,61,69,94H,12-15,20-25,28-29,44-53H2,1-11H3,(H4-,95,96,97,98,99,102,103,104,105,106,107,108,109);;/q;+2;+1/p-3. The van der Waals surface area contributed by atoms with Crippen molar-refractivity contribution in [2.75, 3.05) is 55.7 Å². The molecule has 0 fully saturated rings. The van der Waals surface area contributed by atoms with Gasteiger partial charge in [0.15, 0.2) is 5.71 Å². The fourth-order valence-electron chi connectivity index (χ4n) is 19.2. The van der Waals surface area contributed by atoms with Gasteiger partial charge in [-0.25, -0.2) is 16.8 Å². The van der Waals surface area contributed by atoms with Gasteiger partial charge < -0.3 is 14.0 Å². The van der Waals surface area contributed by atoms with Crippen LogP contribution in [0.4, 0.5) is 11.4 Å². The molecular weight excluding hydrogens is 1610 g/mol. The van der Waals surface area contributed by atoms with E-state index in [2.05, 4.69) is 217 Å². The summed E-state index contributed by atoms with van der Waals surface area (Å²) in [7, 11) is -8.77. The van der Waals surface area contributed by atoms with Crippen molar-refractivity contribution in [1.29, 1.82) is 0 Å². The normalized spacial score (nSPS) is 19.5. The summed E-state index contributed by atoms with van der Waals surface area (Å²) < 4.78 is 85.4. The Morgan fingerprint density at radius 1 is 0.765 bits per heavy atom. The number of amides is 1. The molecule has 6 bridgehead atoms. The van der Waals surface area contributed by atoms with E-state index in [1.165, 1.54) is 51.6 Å². The van der Waals surface area contributed by atoms with Crippen LogP contribution >= 0.6 is 11.8 Å². The molecule has 5 aromatic carbocycles. The van der Waals surface area contributed by atoms with Crippen LogP contribution in [-0.4, -0.2) is 139 Å². The minimum Gasteiger partial charge on any atom is 1.00 e. The number of ketones is 1. The maximum Gasteiger partial charge on any atom is 1.00 e. The van der Waals surface area contributed by atoms with Gasteiger partial charge in [-0.1, -0.05) is 92.4 Å². The van der Waals surface area contributed by atoms with Crippen molar-refractivity contribution < 1.29 is 74.4 Å². The van der Waals surface area contributed by atoms with E-state index >= 15 is 0 Å². The monoisotopic (exact) mass is 1710 g/mol. The van der Waals surface area contributed by atoms with E-state index in [1.807, 2.05) is 24.3 Å². The quantitative estimate of drug-likeness (QED) is 0.0186. The predicted octanol–water partition coefficient (Wildman–Crippen LogP) is 13.8. The average Bonchev–Trinajstić information content (AvgIpc) is 1.54. The number of fused-ring (bicyclic) bond motifs is 8. The van der Waals surface area contributed by atoms with Gasteiger partial charge in [-0.3, -0.25) is 4.79 Å². The molecule has 0 saturated carbocycles. The van der Waals surface area contributed by atoms with Crippen molar-refractivity contribution in [3.05, 3.63) is 227 Å². The molecule has 3 unspecified atom stereocenters. The first-order chi connectivity index (χ1) is 54.6. The van der Waals surface area contributed by atoms with Gasteiger partial charge in [-0.05, 0) is 133 Å². The molecule has 7 aromatic rings. The summed E-state index contributed by atoms with van der Waals surface area (Å²) in [6.45, 7) is 28.0. The Kier molecular flexibility index (Phi) is 25.5. The molecule has 593 valence electrons. The Bertz CT molecular complexity index is 5850. The van der Waals surface area contributed by atoms with Gasteiger partial charge in [0.25, 0.3) is 0 Å². The number of ether oxygens (including phenoxy) is 1. The van der Waals surface area contributed by atoms with E-state index in [0.717, 1.165) is 166 Å². The summed E-state index contributed by atoms with van der Waals surface area (Å²) in [5.74, 6) is -0.732. The molecule has 1 radical (unpaired) electrons. The van der Waals surface area contributed by atoms with Crippen LogP contribution in [-0.2, 0) is 35.8 Å². The summed E-state index contributed by atoms with van der Waals surface area (Å²) >= 11 is -0.395. The zero-order valence-electron chi connectivity index (χ0n) is 68.7. The molecule has 2 N–H and O–H groups in total. The maximum absolute atomic E-state index is 14.7. The minimum absolute atomic E-state index is 0. The number of hydrogen-bond acceptors (Lipinski definition) is 14. The number of aromatic nitrogens is 2. The second kappa shape index (κ2) is 34.8. The van der Waals surface area contributed by atoms with Crippen LogP contribution in [0.2, 0.25) is 0 Å². The van der Waals surface area contributed by atoms with E-state index in [9.17, 15) is 35.5 Å². The number of thioether (sulfide) groups is 1. The number of hydrogen-bond donors (Lipinski definition) is 2. The van der Waals surface area contributed by atoms with E-state index < -0.39 is 66.1 Å². The topological polar surface area (TPSA) is 223 Å². The number of carbonyl (C=O) groups excluding carboxylic acids is 2. The second-order valence-electron chi connectivity index (χ2n) is 33.1. The number of aliphatic imine (C=N–C) groups is 2. The number of nitrogens with one attached hydrogen (secondary N) is 2. The summed E-state index contributed by atoms with van der Waals surface area (Å²) in [5, 5.41) is 13.8. The zero-order valence-corrected chi connectivity index (χ0v) is 76.5. The Morgan fingerprint density at radius 2 is 1.48 bits per heavy atom. The number of carbonyl (C=O) groups is 2. The van der Waals surface area contributed by atoms with E-state index in [-0.39, 0.29) is 72.0 Å². The van der Waals surface area contributed by atoms with Crippen molar-refractivity contribution in [2.24, 2.45) is 21.8 Å². The van der Waals surface area contributed by atoms with E-state index in [4.69, 9.17) is 14.7 Å².